The molecule has 158 valence electrons. The maximum atomic E-state index is 13.4. The number of aliphatic hydroxyl groups excluding tert-OH is 1. The highest BCUT2D eigenvalue weighted by molar-refractivity contribution is 7.15. The van der Waals surface area contributed by atoms with Gasteiger partial charge in [0.15, 0.2) is 11.5 Å². The minimum Gasteiger partial charge on any atom is -0.503 e. The van der Waals surface area contributed by atoms with Crippen LogP contribution in [-0.4, -0.2) is 34.1 Å². The van der Waals surface area contributed by atoms with Crippen LogP contribution < -0.4 is 9.64 Å². The van der Waals surface area contributed by atoms with Crippen molar-refractivity contribution in [2.75, 3.05) is 12.0 Å². The minimum absolute atomic E-state index is 0.0820. The number of nitrogens with zero attached hydrogens (tertiary/aromatic N) is 3. The van der Waals surface area contributed by atoms with Crippen LogP contribution in [-0.2, 0) is 4.79 Å². The number of carbonyl (C=O) groups excluding carboxylic acids is 2. The van der Waals surface area contributed by atoms with Gasteiger partial charge in [0.05, 0.1) is 28.8 Å². The minimum atomic E-state index is -0.954. The van der Waals surface area contributed by atoms with Crippen LogP contribution in [0.3, 0.4) is 0 Å². The Bertz CT molecular complexity index is 1220. The lowest BCUT2D eigenvalue weighted by Crippen LogP contribution is -2.31. The Morgan fingerprint density at radius 1 is 1.13 bits per heavy atom. The smallest absolute Gasteiger partial charge is 0.296 e. The second-order valence-electron chi connectivity index (χ2n) is 6.67. The average molecular weight is 476 g/mol. The Kier molecular flexibility index (Phi) is 5.70. The van der Waals surface area contributed by atoms with Gasteiger partial charge in [0, 0.05) is 5.56 Å². The van der Waals surface area contributed by atoms with Gasteiger partial charge in [-0.1, -0.05) is 40.6 Å². The molecule has 10 heteroatoms. The molecule has 1 amide bonds. The fourth-order valence-corrected chi connectivity index (χ4v) is 4.33. The Morgan fingerprint density at radius 3 is 2.42 bits per heavy atom. The molecule has 0 saturated heterocycles. The predicted molar refractivity (Wildman–Crippen MR) is 118 cm³/mol. The third kappa shape index (κ3) is 3.78. The van der Waals surface area contributed by atoms with Gasteiger partial charge in [-0.05, 0) is 48.9 Å². The first-order valence-electron chi connectivity index (χ1n) is 9.02. The largest absolute Gasteiger partial charge is 0.503 e. The highest BCUT2D eigenvalue weighted by atomic mass is 35.5. The maximum absolute atomic E-state index is 13.4. The number of ketones is 1. The van der Waals surface area contributed by atoms with Gasteiger partial charge in [0.25, 0.3) is 5.91 Å². The first kappa shape index (κ1) is 21.3. The van der Waals surface area contributed by atoms with Crippen LogP contribution in [0, 0.1) is 6.92 Å². The Hall–Kier alpha value is -2.94. The van der Waals surface area contributed by atoms with Gasteiger partial charge in [-0.25, -0.2) is 0 Å². The topological polar surface area (TPSA) is 92.6 Å². The summed E-state index contributed by atoms with van der Waals surface area (Å²) in [6.45, 7) is 1.74. The lowest BCUT2D eigenvalue weighted by molar-refractivity contribution is -0.117. The zero-order valence-corrected chi connectivity index (χ0v) is 18.6. The number of hydrogen-bond donors (Lipinski definition) is 1. The molecule has 0 bridgehead atoms. The monoisotopic (exact) mass is 475 g/mol. The van der Waals surface area contributed by atoms with E-state index in [1.54, 1.807) is 49.4 Å². The van der Waals surface area contributed by atoms with Crippen LogP contribution in [0.5, 0.6) is 5.75 Å². The molecule has 0 fully saturated rings. The average Bonchev–Trinajstić information content (AvgIpc) is 3.30. The van der Waals surface area contributed by atoms with Crippen molar-refractivity contribution in [3.05, 3.63) is 80.0 Å². The third-order valence-corrected chi connectivity index (χ3v) is 6.36. The van der Waals surface area contributed by atoms with Crippen LogP contribution >= 0.6 is 34.5 Å². The van der Waals surface area contributed by atoms with Crippen LogP contribution in [0.4, 0.5) is 5.13 Å². The first-order valence-corrected chi connectivity index (χ1v) is 10.6. The quantitative estimate of drug-likeness (QED) is 0.525. The van der Waals surface area contributed by atoms with E-state index < -0.39 is 23.5 Å². The molecule has 4 rings (SSSR count). The predicted octanol–water partition coefficient (Wildman–Crippen LogP) is 4.94. The highest BCUT2D eigenvalue weighted by Gasteiger charge is 2.46. The molecule has 2 heterocycles. The molecule has 3 aromatic rings. The number of hydrogen-bond acceptors (Lipinski definition) is 7. The number of halogens is 2. The Balaban J connectivity index is 1.86. The number of rotatable bonds is 5. The van der Waals surface area contributed by atoms with Crippen molar-refractivity contribution in [3.63, 3.8) is 0 Å². The first-order chi connectivity index (χ1) is 14.8. The lowest BCUT2D eigenvalue weighted by Gasteiger charge is -2.24. The molecule has 0 radical (unpaired) electrons. The van der Waals surface area contributed by atoms with E-state index in [-0.39, 0.29) is 21.3 Å². The molecule has 2 aromatic carbocycles. The van der Waals surface area contributed by atoms with Crippen molar-refractivity contribution in [2.45, 2.75) is 13.0 Å². The van der Waals surface area contributed by atoms with E-state index in [0.717, 1.165) is 0 Å². The molecule has 31 heavy (non-hydrogen) atoms. The van der Waals surface area contributed by atoms with Crippen molar-refractivity contribution in [1.29, 1.82) is 0 Å². The second kappa shape index (κ2) is 8.30. The fraction of sp³-hybridized carbons (Fsp3) is 0.143. The van der Waals surface area contributed by atoms with Crippen molar-refractivity contribution in [1.82, 2.24) is 10.2 Å². The van der Waals surface area contributed by atoms with E-state index in [0.29, 0.717) is 21.3 Å². The molecular formula is C21H15Cl2N3O4S. The van der Waals surface area contributed by atoms with Gasteiger partial charge in [0.2, 0.25) is 5.13 Å². The summed E-state index contributed by atoms with van der Waals surface area (Å²) in [4.78, 5) is 27.7. The van der Waals surface area contributed by atoms with Crippen LogP contribution in [0.1, 0.15) is 27.0 Å². The van der Waals surface area contributed by atoms with Gasteiger partial charge in [-0.3, -0.25) is 14.5 Å². The Labute approximate surface area is 191 Å². The lowest BCUT2D eigenvalue weighted by atomic mass is 9.93. The van der Waals surface area contributed by atoms with Crippen LogP contribution in [0.25, 0.3) is 0 Å². The van der Waals surface area contributed by atoms with E-state index in [2.05, 4.69) is 10.2 Å². The maximum Gasteiger partial charge on any atom is 0.296 e. The summed E-state index contributed by atoms with van der Waals surface area (Å²) in [7, 11) is 1.52. The molecule has 1 aliphatic rings. The highest BCUT2D eigenvalue weighted by Crippen LogP contribution is 2.43. The van der Waals surface area contributed by atoms with E-state index in [4.69, 9.17) is 27.9 Å². The normalized spacial score (nSPS) is 16.2. The van der Waals surface area contributed by atoms with Gasteiger partial charge in [-0.15, -0.1) is 10.2 Å². The van der Waals surface area contributed by atoms with Crippen molar-refractivity contribution >= 4 is 51.4 Å². The van der Waals surface area contributed by atoms with E-state index in [1.807, 2.05) is 0 Å². The number of benzene rings is 2. The summed E-state index contributed by atoms with van der Waals surface area (Å²) < 4.78 is 5.13. The summed E-state index contributed by atoms with van der Waals surface area (Å²) in [6.07, 6.45) is 0. The molecule has 1 unspecified atom stereocenters. The molecular weight excluding hydrogens is 461 g/mol. The van der Waals surface area contributed by atoms with Crippen molar-refractivity contribution in [3.8, 4) is 5.75 Å². The molecule has 0 aliphatic carbocycles. The number of ether oxygens (including phenoxy) is 1. The molecule has 1 N–H and O–H groups in total. The summed E-state index contributed by atoms with van der Waals surface area (Å²) in [5.74, 6) is -1.33. The van der Waals surface area contributed by atoms with Gasteiger partial charge in [-0.2, -0.15) is 0 Å². The molecule has 1 aromatic heterocycles. The summed E-state index contributed by atoms with van der Waals surface area (Å²) in [6, 6.07) is 10.2. The van der Waals surface area contributed by atoms with Crippen LogP contribution in [0.15, 0.2) is 53.8 Å². The van der Waals surface area contributed by atoms with E-state index in [9.17, 15) is 14.7 Å². The van der Waals surface area contributed by atoms with Gasteiger partial charge in [0.1, 0.15) is 10.8 Å². The number of Topliss-reactive ketones (excluding diaryl/α,β-unsaturated/α-hetero) is 1. The Morgan fingerprint density at radius 2 is 1.84 bits per heavy atom. The fourth-order valence-electron chi connectivity index (χ4n) is 3.31. The van der Waals surface area contributed by atoms with Gasteiger partial charge < -0.3 is 9.84 Å². The van der Waals surface area contributed by atoms with Gasteiger partial charge >= 0.3 is 0 Å². The molecule has 1 aliphatic heterocycles. The number of methoxy groups -OCH3 is 1. The number of aryl methyl sites for hydroxylation is 1. The summed E-state index contributed by atoms with van der Waals surface area (Å²) in [5.41, 5.74) is 0.702. The molecule has 0 spiro atoms. The molecule has 1 atom stereocenters. The second-order valence-corrected chi connectivity index (χ2v) is 8.65. The molecule has 7 nitrogen and oxygen atoms in total. The SMILES string of the molecule is COc1ccc(C(=O)C2=C(O)C(=O)N(c3nnc(C)s3)C2c2ccc(Cl)c(Cl)c2)cc1. The standard InChI is InChI=1S/C21H15Cl2N3O4S/c1-10-24-25-21(31-10)26-17(12-5-8-14(22)15(23)9-12)16(19(28)20(26)29)18(27)11-3-6-13(30-2)7-4-11/h3-9,17,28H,1-2H3. The van der Waals surface area contributed by atoms with E-state index >= 15 is 0 Å². The van der Waals surface area contributed by atoms with Crippen LogP contribution in [0.2, 0.25) is 10.0 Å². The zero-order valence-electron chi connectivity index (χ0n) is 16.3. The van der Waals surface area contributed by atoms with E-state index in [1.165, 1.54) is 23.3 Å². The summed E-state index contributed by atoms with van der Waals surface area (Å²) >= 11 is 13.4. The zero-order chi connectivity index (χ0) is 22.3. The number of aromatic nitrogens is 2. The number of aliphatic hydroxyl groups is 1. The number of carbonyl (C=O) groups is 2. The number of amides is 1. The number of anilines is 1. The molecule has 0 saturated carbocycles. The summed E-state index contributed by atoms with van der Waals surface area (Å²) in [5, 5.41) is 20.2. The van der Waals surface area contributed by atoms with Crippen molar-refractivity contribution in [2.24, 2.45) is 0 Å². The third-order valence-electron chi connectivity index (χ3n) is 4.79. The van der Waals surface area contributed by atoms with Crippen molar-refractivity contribution < 1.29 is 19.4 Å².